The number of alkyl halides is 2. The lowest BCUT2D eigenvalue weighted by Crippen LogP contribution is -2.36. The normalized spacial score (nSPS) is 11.4. The maximum absolute atomic E-state index is 13.3. The van der Waals surface area contributed by atoms with Crippen LogP contribution in [0.25, 0.3) is 0 Å². The average molecular weight is 258 g/mol. The van der Waals surface area contributed by atoms with Gasteiger partial charge in [0.05, 0.1) is 6.61 Å². The van der Waals surface area contributed by atoms with Gasteiger partial charge in [0, 0.05) is 0 Å². The number of esters is 1. The van der Waals surface area contributed by atoms with E-state index in [1.165, 1.54) is 19.1 Å². The highest BCUT2D eigenvalue weighted by molar-refractivity contribution is 5.76. The van der Waals surface area contributed by atoms with Gasteiger partial charge in [-0.25, -0.2) is 4.79 Å². The zero-order chi connectivity index (χ0) is 13.8. The van der Waals surface area contributed by atoms with Crippen molar-refractivity contribution in [3.63, 3.8) is 0 Å². The number of carbonyl (C=O) groups is 1. The van der Waals surface area contributed by atoms with Crippen LogP contribution in [-0.4, -0.2) is 18.7 Å². The summed E-state index contributed by atoms with van der Waals surface area (Å²) in [6.07, 6.45) is -3.96. The molecular formula is C13H16F2O3. The molecule has 0 N–H and O–H groups in total. The molecule has 100 valence electrons. The van der Waals surface area contributed by atoms with E-state index in [0.717, 1.165) is 5.56 Å². The summed E-state index contributed by atoms with van der Waals surface area (Å²) in [6.45, 7) is 5.31. The van der Waals surface area contributed by atoms with Crippen molar-refractivity contribution in [2.45, 2.75) is 32.8 Å². The quantitative estimate of drug-likeness (QED) is 0.760. The van der Waals surface area contributed by atoms with Crippen molar-refractivity contribution in [3.05, 3.63) is 29.8 Å². The second-order valence-electron chi connectivity index (χ2n) is 4.06. The lowest BCUT2D eigenvalue weighted by atomic mass is 10.0. The fourth-order valence-electron chi connectivity index (χ4n) is 1.33. The standard InChI is InChI=1S/C13H16F2O3/c1-4-17-12(16)13(14,15)18-11-7-5-10(6-8-11)9(2)3/h5-9H,4H2,1-3H3. The van der Waals surface area contributed by atoms with Crippen LogP contribution in [-0.2, 0) is 9.53 Å². The van der Waals surface area contributed by atoms with Crippen molar-refractivity contribution in [2.24, 2.45) is 0 Å². The van der Waals surface area contributed by atoms with Crippen molar-refractivity contribution < 1.29 is 23.0 Å². The molecule has 0 saturated heterocycles. The third kappa shape index (κ3) is 3.68. The number of carbonyl (C=O) groups excluding carboxylic acids is 1. The first-order valence-electron chi connectivity index (χ1n) is 5.70. The van der Waals surface area contributed by atoms with Crippen LogP contribution in [0.5, 0.6) is 5.75 Å². The smallest absolute Gasteiger partial charge is 0.459 e. The van der Waals surface area contributed by atoms with Crippen LogP contribution < -0.4 is 4.74 Å². The van der Waals surface area contributed by atoms with E-state index in [0.29, 0.717) is 5.92 Å². The van der Waals surface area contributed by atoms with Gasteiger partial charge in [0.15, 0.2) is 0 Å². The van der Waals surface area contributed by atoms with E-state index >= 15 is 0 Å². The second-order valence-corrected chi connectivity index (χ2v) is 4.06. The van der Waals surface area contributed by atoms with Gasteiger partial charge in [0.2, 0.25) is 0 Å². The number of rotatable bonds is 5. The molecule has 0 aliphatic heterocycles. The van der Waals surface area contributed by atoms with Crippen LogP contribution in [0.1, 0.15) is 32.3 Å². The Morgan fingerprint density at radius 3 is 2.28 bits per heavy atom. The van der Waals surface area contributed by atoms with Gasteiger partial charge < -0.3 is 9.47 Å². The van der Waals surface area contributed by atoms with Crippen LogP contribution in [0, 0.1) is 0 Å². The van der Waals surface area contributed by atoms with Crippen molar-refractivity contribution in [1.82, 2.24) is 0 Å². The van der Waals surface area contributed by atoms with Gasteiger partial charge in [-0.3, -0.25) is 0 Å². The molecule has 0 radical (unpaired) electrons. The van der Waals surface area contributed by atoms with Crippen LogP contribution in [0.3, 0.4) is 0 Å². The summed E-state index contributed by atoms with van der Waals surface area (Å²) < 4.78 is 35.1. The molecule has 0 unspecified atom stereocenters. The highest BCUT2D eigenvalue weighted by Gasteiger charge is 2.44. The summed E-state index contributed by atoms with van der Waals surface area (Å²) in [5, 5.41) is 0. The Labute approximate surface area is 105 Å². The highest BCUT2D eigenvalue weighted by atomic mass is 19.3. The minimum Gasteiger partial charge on any atom is -0.459 e. The topological polar surface area (TPSA) is 35.5 Å². The Morgan fingerprint density at radius 1 is 1.28 bits per heavy atom. The molecule has 0 aliphatic rings. The molecule has 0 saturated carbocycles. The fraction of sp³-hybridized carbons (Fsp3) is 0.462. The molecule has 0 aliphatic carbocycles. The molecule has 0 atom stereocenters. The van der Waals surface area contributed by atoms with E-state index in [4.69, 9.17) is 0 Å². The van der Waals surface area contributed by atoms with E-state index in [1.807, 2.05) is 13.8 Å². The monoisotopic (exact) mass is 258 g/mol. The number of halogens is 2. The summed E-state index contributed by atoms with van der Waals surface area (Å²) in [4.78, 5) is 10.9. The molecule has 5 heteroatoms. The fourth-order valence-corrected chi connectivity index (χ4v) is 1.33. The Bertz CT molecular complexity index is 399. The number of ether oxygens (including phenoxy) is 2. The minimum absolute atomic E-state index is 0.0718. The summed E-state index contributed by atoms with van der Waals surface area (Å²) in [5.41, 5.74) is 1.00. The van der Waals surface area contributed by atoms with Gasteiger partial charge in [0.25, 0.3) is 0 Å². The average Bonchev–Trinajstić information content (AvgIpc) is 2.29. The molecule has 0 bridgehead atoms. The largest absolute Gasteiger partial charge is 0.502 e. The molecule has 1 rings (SSSR count). The summed E-state index contributed by atoms with van der Waals surface area (Å²) >= 11 is 0. The molecule has 0 amide bonds. The maximum atomic E-state index is 13.3. The third-order valence-electron chi connectivity index (χ3n) is 2.31. The van der Waals surface area contributed by atoms with Crippen molar-refractivity contribution in [2.75, 3.05) is 6.61 Å². The lowest BCUT2D eigenvalue weighted by Gasteiger charge is -2.16. The summed E-state index contributed by atoms with van der Waals surface area (Å²) in [6, 6.07) is 6.17. The van der Waals surface area contributed by atoms with Crippen molar-refractivity contribution in [3.8, 4) is 5.75 Å². The molecule has 0 heterocycles. The molecule has 1 aromatic carbocycles. The highest BCUT2D eigenvalue weighted by Crippen LogP contribution is 2.25. The first-order chi connectivity index (χ1) is 8.36. The molecule has 0 fully saturated rings. The Morgan fingerprint density at radius 2 is 1.83 bits per heavy atom. The Hall–Kier alpha value is -1.65. The van der Waals surface area contributed by atoms with E-state index in [9.17, 15) is 13.6 Å². The summed E-state index contributed by atoms with van der Waals surface area (Å²) in [7, 11) is 0. The van der Waals surface area contributed by atoms with E-state index in [1.54, 1.807) is 12.1 Å². The molecule has 0 aromatic heterocycles. The van der Waals surface area contributed by atoms with Crippen molar-refractivity contribution in [1.29, 1.82) is 0 Å². The van der Waals surface area contributed by atoms with Gasteiger partial charge in [-0.05, 0) is 30.5 Å². The Kier molecular flexibility index (Phi) is 4.64. The number of hydrogen-bond acceptors (Lipinski definition) is 3. The van der Waals surface area contributed by atoms with Crippen LogP contribution >= 0.6 is 0 Å². The van der Waals surface area contributed by atoms with Crippen molar-refractivity contribution >= 4 is 5.97 Å². The number of hydrogen-bond donors (Lipinski definition) is 0. The van der Waals surface area contributed by atoms with Gasteiger partial charge in [-0.15, -0.1) is 0 Å². The molecule has 3 nitrogen and oxygen atoms in total. The van der Waals surface area contributed by atoms with Gasteiger partial charge in [-0.2, -0.15) is 8.78 Å². The zero-order valence-electron chi connectivity index (χ0n) is 10.6. The molecule has 1 aromatic rings. The van der Waals surface area contributed by atoms with E-state index < -0.39 is 12.1 Å². The first kappa shape index (κ1) is 14.4. The zero-order valence-corrected chi connectivity index (χ0v) is 10.6. The first-order valence-corrected chi connectivity index (χ1v) is 5.70. The minimum atomic E-state index is -3.96. The Balaban J connectivity index is 2.75. The van der Waals surface area contributed by atoms with Gasteiger partial charge in [-0.1, -0.05) is 26.0 Å². The van der Waals surface area contributed by atoms with Gasteiger partial charge >= 0.3 is 12.1 Å². The molecule has 18 heavy (non-hydrogen) atoms. The maximum Gasteiger partial charge on any atom is 0.502 e. The van der Waals surface area contributed by atoms with Gasteiger partial charge in [0.1, 0.15) is 5.75 Å². The summed E-state index contributed by atoms with van der Waals surface area (Å²) in [5.74, 6) is -1.46. The molecule has 0 spiro atoms. The predicted octanol–water partition coefficient (Wildman–Crippen LogP) is 3.34. The van der Waals surface area contributed by atoms with Crippen LogP contribution in [0.4, 0.5) is 8.78 Å². The van der Waals surface area contributed by atoms with E-state index in [2.05, 4.69) is 9.47 Å². The van der Waals surface area contributed by atoms with E-state index in [-0.39, 0.29) is 12.4 Å². The van der Waals surface area contributed by atoms with Crippen LogP contribution in [0.2, 0.25) is 0 Å². The van der Waals surface area contributed by atoms with Crippen LogP contribution in [0.15, 0.2) is 24.3 Å². The SMILES string of the molecule is CCOC(=O)C(F)(F)Oc1ccc(C(C)C)cc1. The third-order valence-corrected chi connectivity index (χ3v) is 2.31. The molecular weight excluding hydrogens is 242 g/mol. The predicted molar refractivity (Wildman–Crippen MR) is 62.7 cm³/mol. The lowest BCUT2D eigenvalue weighted by molar-refractivity contribution is -0.216. The second kappa shape index (κ2) is 5.80. The number of benzene rings is 1.